The lowest BCUT2D eigenvalue weighted by atomic mass is 10.2. The lowest BCUT2D eigenvalue weighted by Gasteiger charge is -2.08. The van der Waals surface area contributed by atoms with Crippen LogP contribution in [0, 0.1) is 6.92 Å². The van der Waals surface area contributed by atoms with E-state index in [1.54, 1.807) is 11.3 Å². The molecule has 4 heteroatoms. The molecule has 0 bridgehead atoms. The predicted octanol–water partition coefficient (Wildman–Crippen LogP) is 1.58. The quantitative estimate of drug-likeness (QED) is 0.806. The van der Waals surface area contributed by atoms with Crippen molar-refractivity contribution >= 4 is 17.2 Å². The molecule has 0 spiro atoms. The maximum Gasteiger partial charge on any atom is 0.252 e. The number of thiophene rings is 1. The average Bonchev–Trinajstić information content (AvgIpc) is 2.75. The molecule has 2 heterocycles. The van der Waals surface area contributed by atoms with E-state index in [-0.39, 0.29) is 11.9 Å². The largest absolute Gasteiger partial charge is 0.379 e. The summed E-state index contributed by atoms with van der Waals surface area (Å²) < 4.78 is 5.19. The molecule has 0 unspecified atom stereocenters. The molecule has 1 atom stereocenters. The van der Waals surface area contributed by atoms with Crippen LogP contribution in [0.3, 0.4) is 0 Å². The molecule has 1 N–H and O–H groups in total. The highest BCUT2D eigenvalue weighted by molar-refractivity contribution is 7.10. The molecular weight excluding hydrogens is 198 g/mol. The number of rotatable bonds is 2. The molecule has 1 fully saturated rings. The molecule has 1 aliphatic heterocycles. The van der Waals surface area contributed by atoms with Crippen LogP contribution in [-0.2, 0) is 4.74 Å². The van der Waals surface area contributed by atoms with Gasteiger partial charge in [0.05, 0.1) is 18.2 Å². The van der Waals surface area contributed by atoms with E-state index < -0.39 is 0 Å². The second-order valence-corrected chi connectivity index (χ2v) is 4.60. The van der Waals surface area contributed by atoms with Gasteiger partial charge in [-0.15, -0.1) is 11.3 Å². The first-order valence-corrected chi connectivity index (χ1v) is 5.57. The zero-order valence-electron chi connectivity index (χ0n) is 8.08. The van der Waals surface area contributed by atoms with E-state index in [4.69, 9.17) is 4.74 Å². The molecule has 3 nitrogen and oxygen atoms in total. The van der Waals surface area contributed by atoms with Crippen LogP contribution in [0.4, 0.5) is 0 Å². The fourth-order valence-corrected chi connectivity index (χ4v) is 2.16. The number of aryl methyl sites for hydroxylation is 1. The summed E-state index contributed by atoms with van der Waals surface area (Å²) in [6, 6.07) is 2.11. The summed E-state index contributed by atoms with van der Waals surface area (Å²) in [5.41, 5.74) is 0.763. The van der Waals surface area contributed by atoms with Crippen molar-refractivity contribution in [2.75, 3.05) is 13.2 Å². The third-order valence-electron chi connectivity index (χ3n) is 2.26. The Morgan fingerprint density at radius 1 is 1.71 bits per heavy atom. The van der Waals surface area contributed by atoms with Crippen LogP contribution >= 0.6 is 11.3 Å². The maximum atomic E-state index is 11.7. The summed E-state index contributed by atoms with van der Waals surface area (Å²) in [7, 11) is 0. The summed E-state index contributed by atoms with van der Waals surface area (Å²) >= 11 is 1.60. The number of amides is 1. The number of carbonyl (C=O) groups excluding carboxylic acids is 1. The molecule has 1 aliphatic rings. The van der Waals surface area contributed by atoms with Crippen LogP contribution in [0.2, 0.25) is 0 Å². The Kier molecular flexibility index (Phi) is 2.84. The molecule has 0 saturated carbocycles. The van der Waals surface area contributed by atoms with E-state index in [1.807, 2.05) is 18.4 Å². The number of ether oxygens (including phenoxy) is 1. The van der Waals surface area contributed by atoms with Crippen molar-refractivity contribution in [3.8, 4) is 0 Å². The fourth-order valence-electron chi connectivity index (χ4n) is 1.48. The van der Waals surface area contributed by atoms with Gasteiger partial charge in [-0.2, -0.15) is 0 Å². The molecule has 1 saturated heterocycles. The van der Waals surface area contributed by atoms with Gasteiger partial charge in [0.2, 0.25) is 0 Å². The zero-order chi connectivity index (χ0) is 9.97. The minimum atomic E-state index is 0.0184. The van der Waals surface area contributed by atoms with Crippen molar-refractivity contribution in [2.45, 2.75) is 19.4 Å². The van der Waals surface area contributed by atoms with Crippen molar-refractivity contribution < 1.29 is 9.53 Å². The molecule has 76 valence electrons. The Morgan fingerprint density at radius 2 is 2.57 bits per heavy atom. The topological polar surface area (TPSA) is 38.3 Å². The second kappa shape index (κ2) is 4.11. The minimum Gasteiger partial charge on any atom is -0.379 e. The third kappa shape index (κ3) is 2.13. The Hall–Kier alpha value is -0.870. The number of nitrogens with one attached hydrogen (secondary N) is 1. The van der Waals surface area contributed by atoms with Crippen molar-refractivity contribution in [1.82, 2.24) is 5.32 Å². The third-order valence-corrected chi connectivity index (χ3v) is 3.12. The standard InChI is InChI=1S/C10H13NO2S/c1-7-4-8(6-14-7)10(12)11-9-2-3-13-5-9/h4,6,9H,2-3,5H2,1H3,(H,11,12)/t9-/m1/s1. The van der Waals surface area contributed by atoms with Crippen molar-refractivity contribution in [3.05, 3.63) is 21.9 Å². The van der Waals surface area contributed by atoms with E-state index in [1.165, 1.54) is 0 Å². The summed E-state index contributed by atoms with van der Waals surface area (Å²) in [4.78, 5) is 12.8. The smallest absolute Gasteiger partial charge is 0.252 e. The van der Waals surface area contributed by atoms with Crippen LogP contribution in [0.15, 0.2) is 11.4 Å². The van der Waals surface area contributed by atoms with Gasteiger partial charge in [0.15, 0.2) is 0 Å². The minimum absolute atomic E-state index is 0.0184. The van der Waals surface area contributed by atoms with Crippen LogP contribution in [-0.4, -0.2) is 25.2 Å². The zero-order valence-corrected chi connectivity index (χ0v) is 8.89. The first kappa shape index (κ1) is 9.68. The molecule has 0 aromatic carbocycles. The Labute approximate surface area is 87.1 Å². The molecule has 2 rings (SSSR count). The first-order chi connectivity index (χ1) is 6.75. The Morgan fingerprint density at radius 3 is 3.14 bits per heavy atom. The van der Waals surface area contributed by atoms with Crippen LogP contribution in [0.5, 0.6) is 0 Å². The van der Waals surface area contributed by atoms with Crippen molar-refractivity contribution in [1.29, 1.82) is 0 Å². The molecule has 1 aromatic rings. The van der Waals surface area contributed by atoms with Gasteiger partial charge in [0.1, 0.15) is 0 Å². The molecule has 1 aromatic heterocycles. The van der Waals surface area contributed by atoms with Gasteiger partial charge in [-0.3, -0.25) is 4.79 Å². The second-order valence-electron chi connectivity index (χ2n) is 3.48. The van der Waals surface area contributed by atoms with Gasteiger partial charge in [0, 0.05) is 16.9 Å². The molecule has 14 heavy (non-hydrogen) atoms. The highest BCUT2D eigenvalue weighted by atomic mass is 32.1. The van der Waals surface area contributed by atoms with Gasteiger partial charge >= 0.3 is 0 Å². The summed E-state index contributed by atoms with van der Waals surface area (Å²) in [6.07, 6.45) is 0.925. The van der Waals surface area contributed by atoms with Gasteiger partial charge in [-0.05, 0) is 19.4 Å². The monoisotopic (exact) mass is 211 g/mol. The molecule has 0 radical (unpaired) electrons. The van der Waals surface area contributed by atoms with E-state index in [0.717, 1.165) is 23.5 Å². The summed E-state index contributed by atoms with van der Waals surface area (Å²) in [5.74, 6) is 0.0184. The Balaban J connectivity index is 1.95. The highest BCUT2D eigenvalue weighted by Crippen LogP contribution is 2.13. The maximum absolute atomic E-state index is 11.7. The number of carbonyl (C=O) groups is 1. The first-order valence-electron chi connectivity index (χ1n) is 4.69. The van der Waals surface area contributed by atoms with Gasteiger partial charge in [-0.25, -0.2) is 0 Å². The van der Waals surface area contributed by atoms with Crippen LogP contribution in [0.1, 0.15) is 21.7 Å². The number of hydrogen-bond donors (Lipinski definition) is 1. The molecular formula is C10H13NO2S. The average molecular weight is 211 g/mol. The SMILES string of the molecule is Cc1cc(C(=O)N[C@@H]2CCOC2)cs1. The van der Waals surface area contributed by atoms with E-state index in [2.05, 4.69) is 5.32 Å². The Bertz CT molecular complexity index is 329. The predicted molar refractivity (Wildman–Crippen MR) is 55.7 cm³/mol. The van der Waals surface area contributed by atoms with Crippen molar-refractivity contribution in [3.63, 3.8) is 0 Å². The highest BCUT2D eigenvalue weighted by Gasteiger charge is 2.18. The van der Waals surface area contributed by atoms with E-state index in [0.29, 0.717) is 6.61 Å². The summed E-state index contributed by atoms with van der Waals surface area (Å²) in [5, 5.41) is 4.84. The normalized spacial score (nSPS) is 21.1. The lowest BCUT2D eigenvalue weighted by molar-refractivity contribution is 0.0930. The van der Waals surface area contributed by atoms with Gasteiger partial charge in [-0.1, -0.05) is 0 Å². The van der Waals surface area contributed by atoms with Crippen molar-refractivity contribution in [2.24, 2.45) is 0 Å². The van der Waals surface area contributed by atoms with E-state index >= 15 is 0 Å². The van der Waals surface area contributed by atoms with E-state index in [9.17, 15) is 4.79 Å². The summed E-state index contributed by atoms with van der Waals surface area (Å²) in [6.45, 7) is 3.41. The molecule has 0 aliphatic carbocycles. The fraction of sp³-hybridized carbons (Fsp3) is 0.500. The van der Waals surface area contributed by atoms with Gasteiger partial charge < -0.3 is 10.1 Å². The van der Waals surface area contributed by atoms with Gasteiger partial charge in [0.25, 0.3) is 5.91 Å². The molecule has 1 amide bonds. The van der Waals surface area contributed by atoms with Crippen LogP contribution in [0.25, 0.3) is 0 Å². The lowest BCUT2D eigenvalue weighted by Crippen LogP contribution is -2.34. The van der Waals surface area contributed by atoms with Crippen LogP contribution < -0.4 is 5.32 Å². The number of hydrogen-bond acceptors (Lipinski definition) is 3.